The van der Waals surface area contributed by atoms with E-state index in [-0.39, 0.29) is 24.0 Å². The standard InChI is InChI=1S/C21H21ClF2N2O3/c1-2-29-21(28)19(14-3-6-16(22)7-4-14)25-9-11-26(12-10-25)20(27)15-5-8-17(23)18(24)13-15/h3-8,13,19H,2,9-12H2,1H3/t19-/m0/s1. The molecule has 1 heterocycles. The lowest BCUT2D eigenvalue weighted by molar-refractivity contribution is -0.150. The number of esters is 1. The van der Waals surface area contributed by atoms with E-state index in [1.165, 1.54) is 6.07 Å². The van der Waals surface area contributed by atoms with Gasteiger partial charge in [-0.1, -0.05) is 23.7 Å². The summed E-state index contributed by atoms with van der Waals surface area (Å²) in [5.74, 6) is -2.79. The van der Waals surface area contributed by atoms with Crippen molar-refractivity contribution in [3.05, 3.63) is 70.2 Å². The maximum absolute atomic E-state index is 13.4. The molecule has 0 unspecified atom stereocenters. The summed E-state index contributed by atoms with van der Waals surface area (Å²) in [5, 5.41) is 0.568. The number of benzene rings is 2. The zero-order valence-electron chi connectivity index (χ0n) is 15.9. The third-order valence-corrected chi connectivity index (χ3v) is 5.08. The molecule has 0 saturated carbocycles. The summed E-state index contributed by atoms with van der Waals surface area (Å²) in [4.78, 5) is 28.7. The molecule has 1 aliphatic heterocycles. The predicted molar refractivity (Wildman–Crippen MR) is 105 cm³/mol. The van der Waals surface area contributed by atoms with Crippen LogP contribution >= 0.6 is 11.6 Å². The molecule has 0 spiro atoms. The molecule has 1 fully saturated rings. The number of nitrogens with zero attached hydrogens (tertiary/aromatic N) is 2. The Morgan fingerprint density at radius 2 is 1.69 bits per heavy atom. The summed E-state index contributed by atoms with van der Waals surface area (Å²) >= 11 is 5.95. The van der Waals surface area contributed by atoms with Crippen molar-refractivity contribution in [2.24, 2.45) is 0 Å². The number of hydrogen-bond donors (Lipinski definition) is 0. The van der Waals surface area contributed by atoms with Crippen LogP contribution in [0.2, 0.25) is 5.02 Å². The van der Waals surface area contributed by atoms with Gasteiger partial charge in [0.05, 0.1) is 6.61 Å². The van der Waals surface area contributed by atoms with Crippen LogP contribution in [0, 0.1) is 11.6 Å². The van der Waals surface area contributed by atoms with Crippen molar-refractivity contribution in [2.75, 3.05) is 32.8 Å². The van der Waals surface area contributed by atoms with Gasteiger partial charge in [-0.2, -0.15) is 0 Å². The second-order valence-electron chi connectivity index (χ2n) is 6.66. The van der Waals surface area contributed by atoms with Crippen molar-refractivity contribution < 1.29 is 23.1 Å². The first-order valence-electron chi connectivity index (χ1n) is 9.31. The summed E-state index contributed by atoms with van der Waals surface area (Å²) in [6, 6.07) is 9.49. The summed E-state index contributed by atoms with van der Waals surface area (Å²) in [6.07, 6.45) is 0. The molecule has 2 aromatic rings. The predicted octanol–water partition coefficient (Wildman–Crippen LogP) is 3.68. The number of ether oxygens (including phenoxy) is 1. The van der Waals surface area contributed by atoms with Crippen LogP contribution in [0.3, 0.4) is 0 Å². The summed E-state index contributed by atoms with van der Waals surface area (Å²) < 4.78 is 31.8. The molecule has 154 valence electrons. The number of halogens is 3. The molecule has 2 aromatic carbocycles. The normalized spacial score (nSPS) is 15.8. The van der Waals surface area contributed by atoms with Gasteiger partial charge in [0.25, 0.3) is 5.91 Å². The molecule has 0 bridgehead atoms. The Kier molecular flexibility index (Phi) is 6.82. The minimum Gasteiger partial charge on any atom is -0.465 e. The molecule has 1 amide bonds. The molecule has 0 aliphatic carbocycles. The van der Waals surface area contributed by atoms with Crippen molar-refractivity contribution in [3.8, 4) is 0 Å². The maximum atomic E-state index is 13.4. The minimum atomic E-state index is -1.06. The molecule has 0 radical (unpaired) electrons. The monoisotopic (exact) mass is 422 g/mol. The molecule has 5 nitrogen and oxygen atoms in total. The van der Waals surface area contributed by atoms with E-state index in [0.29, 0.717) is 31.2 Å². The lowest BCUT2D eigenvalue weighted by atomic mass is 10.0. The zero-order chi connectivity index (χ0) is 21.0. The van der Waals surface area contributed by atoms with E-state index in [0.717, 1.165) is 17.7 Å². The first kappa shape index (κ1) is 21.2. The largest absolute Gasteiger partial charge is 0.465 e. The molecule has 1 saturated heterocycles. The molecule has 0 aromatic heterocycles. The Bertz CT molecular complexity index is 884. The lowest BCUT2D eigenvalue weighted by Crippen LogP contribution is -2.51. The van der Waals surface area contributed by atoms with Crippen molar-refractivity contribution in [2.45, 2.75) is 13.0 Å². The Balaban J connectivity index is 1.72. The number of amides is 1. The van der Waals surface area contributed by atoms with Crippen LogP contribution < -0.4 is 0 Å². The molecule has 1 atom stereocenters. The minimum absolute atomic E-state index is 0.0944. The van der Waals surface area contributed by atoms with Gasteiger partial charge in [-0.15, -0.1) is 0 Å². The van der Waals surface area contributed by atoms with Gasteiger partial charge in [0.2, 0.25) is 0 Å². The number of carbonyl (C=O) groups is 2. The number of hydrogen-bond acceptors (Lipinski definition) is 4. The smallest absolute Gasteiger partial charge is 0.328 e. The van der Waals surface area contributed by atoms with Crippen LogP contribution in [-0.4, -0.2) is 54.5 Å². The molecule has 29 heavy (non-hydrogen) atoms. The second kappa shape index (κ2) is 9.33. The highest BCUT2D eigenvalue weighted by molar-refractivity contribution is 6.30. The van der Waals surface area contributed by atoms with Gasteiger partial charge in [-0.3, -0.25) is 9.69 Å². The SMILES string of the molecule is CCOC(=O)[C@H](c1ccc(Cl)cc1)N1CCN(C(=O)c2ccc(F)c(F)c2)CC1. The highest BCUT2D eigenvalue weighted by Crippen LogP contribution is 2.26. The third-order valence-electron chi connectivity index (χ3n) is 4.83. The van der Waals surface area contributed by atoms with Crippen LogP contribution in [0.15, 0.2) is 42.5 Å². The number of piperazine rings is 1. The number of rotatable bonds is 5. The van der Waals surface area contributed by atoms with Gasteiger partial charge < -0.3 is 9.64 Å². The first-order chi connectivity index (χ1) is 13.9. The highest BCUT2D eigenvalue weighted by atomic mass is 35.5. The van der Waals surface area contributed by atoms with Crippen LogP contribution in [0.25, 0.3) is 0 Å². The lowest BCUT2D eigenvalue weighted by Gasteiger charge is -2.38. The second-order valence-corrected chi connectivity index (χ2v) is 7.10. The summed E-state index contributed by atoms with van der Waals surface area (Å²) in [5.41, 5.74) is 0.852. The zero-order valence-corrected chi connectivity index (χ0v) is 16.7. The molecular weight excluding hydrogens is 402 g/mol. The summed E-state index contributed by atoms with van der Waals surface area (Å²) in [6.45, 7) is 3.57. The van der Waals surface area contributed by atoms with Gasteiger partial charge in [0.1, 0.15) is 6.04 Å². The molecule has 1 aliphatic rings. The number of carbonyl (C=O) groups excluding carboxylic acids is 2. The third kappa shape index (κ3) is 4.92. The van der Waals surface area contributed by atoms with Gasteiger partial charge in [-0.25, -0.2) is 13.6 Å². The Hall–Kier alpha value is -2.51. The van der Waals surface area contributed by atoms with E-state index in [9.17, 15) is 18.4 Å². The van der Waals surface area contributed by atoms with E-state index < -0.39 is 17.7 Å². The van der Waals surface area contributed by atoms with Crippen molar-refractivity contribution in [1.82, 2.24) is 9.80 Å². The topological polar surface area (TPSA) is 49.9 Å². The van der Waals surface area contributed by atoms with E-state index >= 15 is 0 Å². The molecule has 3 rings (SSSR count). The fraction of sp³-hybridized carbons (Fsp3) is 0.333. The fourth-order valence-electron chi connectivity index (χ4n) is 3.36. The molecule has 0 N–H and O–H groups in total. The average molecular weight is 423 g/mol. The van der Waals surface area contributed by atoms with E-state index in [1.54, 1.807) is 36.1 Å². The Labute approximate surface area is 172 Å². The van der Waals surface area contributed by atoms with Crippen molar-refractivity contribution in [3.63, 3.8) is 0 Å². The maximum Gasteiger partial charge on any atom is 0.328 e. The first-order valence-corrected chi connectivity index (χ1v) is 9.69. The van der Waals surface area contributed by atoms with Crippen molar-refractivity contribution >= 4 is 23.5 Å². The van der Waals surface area contributed by atoms with Crippen LogP contribution in [0.1, 0.15) is 28.9 Å². The van der Waals surface area contributed by atoms with Crippen LogP contribution in [-0.2, 0) is 9.53 Å². The molecule has 8 heteroatoms. The quantitative estimate of drug-likeness (QED) is 0.690. The van der Waals surface area contributed by atoms with Crippen LogP contribution in [0.4, 0.5) is 8.78 Å². The Morgan fingerprint density at radius 3 is 2.28 bits per heavy atom. The van der Waals surface area contributed by atoms with Gasteiger partial charge in [-0.05, 0) is 42.8 Å². The fourth-order valence-corrected chi connectivity index (χ4v) is 3.48. The summed E-state index contributed by atoms with van der Waals surface area (Å²) in [7, 11) is 0. The van der Waals surface area contributed by atoms with Crippen molar-refractivity contribution in [1.29, 1.82) is 0 Å². The Morgan fingerprint density at radius 1 is 1.03 bits per heavy atom. The highest BCUT2D eigenvalue weighted by Gasteiger charge is 2.33. The van der Waals surface area contributed by atoms with E-state index in [2.05, 4.69) is 0 Å². The van der Waals surface area contributed by atoms with Gasteiger partial charge in [0, 0.05) is 36.8 Å². The van der Waals surface area contributed by atoms with E-state index in [1.807, 2.05) is 4.90 Å². The van der Waals surface area contributed by atoms with E-state index in [4.69, 9.17) is 16.3 Å². The molecular formula is C21H21ClF2N2O3. The van der Waals surface area contributed by atoms with Gasteiger partial charge in [0.15, 0.2) is 11.6 Å². The average Bonchev–Trinajstić information content (AvgIpc) is 2.72. The van der Waals surface area contributed by atoms with Gasteiger partial charge >= 0.3 is 5.97 Å². The van der Waals surface area contributed by atoms with Crippen LogP contribution in [0.5, 0.6) is 0 Å².